The van der Waals surface area contributed by atoms with Crippen LogP contribution >= 0.6 is 7.82 Å². The van der Waals surface area contributed by atoms with Crippen LogP contribution in [0.1, 0.15) is 290 Å². The molecule has 10 heteroatoms. The molecule has 390 valence electrons. The van der Waals surface area contributed by atoms with Crippen LogP contribution < -0.4 is 5.73 Å². The molecule has 2 unspecified atom stereocenters. The molecule has 0 radical (unpaired) electrons. The SMILES string of the molecule is CCCCCCC/C=C\C/C=C\CCCCCCCCCCCCCCCC(=O)OC(COC(=O)CCCCCCCCCCCCCCCCCCCCCC)COP(=O)(O)OCCN. The zero-order chi connectivity index (χ0) is 48.1. The second-order valence-electron chi connectivity index (χ2n) is 19.2. The highest BCUT2D eigenvalue weighted by atomic mass is 31.2. The summed E-state index contributed by atoms with van der Waals surface area (Å²) in [5, 5.41) is 0. The fraction of sp³-hybridized carbons (Fsp3) is 0.893. The van der Waals surface area contributed by atoms with E-state index in [9.17, 15) is 19.0 Å². The lowest BCUT2D eigenvalue weighted by molar-refractivity contribution is -0.161. The Bertz CT molecular complexity index is 1130. The van der Waals surface area contributed by atoms with E-state index in [4.69, 9.17) is 24.3 Å². The van der Waals surface area contributed by atoms with Crippen molar-refractivity contribution in [2.24, 2.45) is 5.73 Å². The monoisotopic (exact) mass is 954 g/mol. The first-order valence-electron chi connectivity index (χ1n) is 28.3. The minimum absolute atomic E-state index is 0.0558. The van der Waals surface area contributed by atoms with Gasteiger partial charge in [0.15, 0.2) is 6.10 Å². The Morgan fingerprint density at radius 1 is 0.455 bits per heavy atom. The van der Waals surface area contributed by atoms with Crippen LogP contribution in [0.2, 0.25) is 0 Å². The normalized spacial score (nSPS) is 13.2. The quantitative estimate of drug-likeness (QED) is 0.0264. The number of nitrogens with two attached hydrogens (primary N) is 1. The van der Waals surface area contributed by atoms with Crippen LogP contribution in [0.4, 0.5) is 0 Å². The Labute approximate surface area is 408 Å². The van der Waals surface area contributed by atoms with Gasteiger partial charge in [0.1, 0.15) is 6.61 Å². The predicted octanol–water partition coefficient (Wildman–Crippen LogP) is 17.5. The van der Waals surface area contributed by atoms with Crippen LogP contribution in [0.15, 0.2) is 24.3 Å². The molecule has 0 saturated carbocycles. The summed E-state index contributed by atoms with van der Waals surface area (Å²) in [7, 11) is -4.38. The summed E-state index contributed by atoms with van der Waals surface area (Å²) >= 11 is 0. The molecule has 9 nitrogen and oxygen atoms in total. The van der Waals surface area contributed by atoms with E-state index in [-0.39, 0.29) is 38.6 Å². The van der Waals surface area contributed by atoms with Crippen LogP contribution in [0.25, 0.3) is 0 Å². The molecule has 0 aliphatic heterocycles. The van der Waals surface area contributed by atoms with Crippen molar-refractivity contribution in [2.75, 3.05) is 26.4 Å². The lowest BCUT2D eigenvalue weighted by Crippen LogP contribution is -2.29. The molecule has 0 aromatic carbocycles. The van der Waals surface area contributed by atoms with E-state index in [0.29, 0.717) is 6.42 Å². The third-order valence-electron chi connectivity index (χ3n) is 12.6. The standard InChI is InChI=1S/C56H108NO8P/c1-3-5-7-9-11-13-15-17-19-21-23-25-26-27-28-29-31-33-35-37-39-41-43-45-47-49-56(59)65-54(53-64-66(60,61)63-51-50-57)52-62-55(58)48-46-44-42-40-38-36-34-32-30-24-22-20-18-16-14-12-10-8-6-4-2/h15,17,21,23,54H,3-14,16,18-20,22,24-53,57H2,1-2H3,(H,60,61)/b17-15-,23-21-. The van der Waals surface area contributed by atoms with Crippen LogP contribution in [-0.4, -0.2) is 49.3 Å². The average molecular weight is 954 g/mol. The zero-order valence-corrected chi connectivity index (χ0v) is 44.3. The molecule has 0 spiro atoms. The zero-order valence-electron chi connectivity index (χ0n) is 43.5. The summed E-state index contributed by atoms with van der Waals surface area (Å²) in [5.41, 5.74) is 5.38. The first kappa shape index (κ1) is 64.5. The lowest BCUT2D eigenvalue weighted by atomic mass is 10.0. The third-order valence-corrected chi connectivity index (χ3v) is 13.6. The molecule has 0 aliphatic carbocycles. The largest absolute Gasteiger partial charge is 0.472 e. The van der Waals surface area contributed by atoms with Gasteiger partial charge in [-0.3, -0.25) is 18.6 Å². The van der Waals surface area contributed by atoms with Crippen molar-refractivity contribution in [1.82, 2.24) is 0 Å². The van der Waals surface area contributed by atoms with Gasteiger partial charge in [0.05, 0.1) is 13.2 Å². The van der Waals surface area contributed by atoms with E-state index in [1.54, 1.807) is 0 Å². The molecule has 0 amide bonds. The fourth-order valence-corrected chi connectivity index (χ4v) is 9.14. The molecule has 0 aliphatic rings. The van der Waals surface area contributed by atoms with Crippen molar-refractivity contribution in [1.29, 1.82) is 0 Å². The number of hydrogen-bond donors (Lipinski definition) is 2. The van der Waals surface area contributed by atoms with Crippen LogP contribution in [0.5, 0.6) is 0 Å². The van der Waals surface area contributed by atoms with Gasteiger partial charge in [-0.25, -0.2) is 4.57 Å². The molecule has 0 bridgehead atoms. The van der Waals surface area contributed by atoms with Gasteiger partial charge in [0.25, 0.3) is 0 Å². The predicted molar refractivity (Wildman–Crippen MR) is 280 cm³/mol. The van der Waals surface area contributed by atoms with Crippen molar-refractivity contribution in [3.63, 3.8) is 0 Å². The third kappa shape index (κ3) is 51.9. The molecule has 0 saturated heterocycles. The molecule has 66 heavy (non-hydrogen) atoms. The van der Waals surface area contributed by atoms with E-state index >= 15 is 0 Å². The number of esters is 2. The first-order valence-corrected chi connectivity index (χ1v) is 29.8. The van der Waals surface area contributed by atoms with E-state index < -0.39 is 26.5 Å². The van der Waals surface area contributed by atoms with Gasteiger partial charge in [0.2, 0.25) is 0 Å². The number of carbonyl (C=O) groups excluding carboxylic acids is 2. The van der Waals surface area contributed by atoms with Gasteiger partial charge in [-0.1, -0.05) is 256 Å². The van der Waals surface area contributed by atoms with Gasteiger partial charge < -0.3 is 20.1 Å². The lowest BCUT2D eigenvalue weighted by Gasteiger charge is -2.19. The van der Waals surface area contributed by atoms with Gasteiger partial charge >= 0.3 is 19.8 Å². The Hall–Kier alpha value is -1.51. The van der Waals surface area contributed by atoms with Gasteiger partial charge in [-0.15, -0.1) is 0 Å². The number of hydrogen-bond acceptors (Lipinski definition) is 8. The van der Waals surface area contributed by atoms with E-state index in [0.717, 1.165) is 44.9 Å². The summed E-state index contributed by atoms with van der Waals surface area (Å²) in [6.45, 7) is 3.79. The minimum atomic E-state index is -4.38. The maximum atomic E-state index is 12.7. The van der Waals surface area contributed by atoms with E-state index in [1.807, 2.05) is 0 Å². The Kier molecular flexibility index (Phi) is 51.6. The molecule has 2 atom stereocenters. The number of allylic oxidation sites excluding steroid dienone is 4. The summed E-state index contributed by atoms with van der Waals surface area (Å²) in [5.74, 6) is -0.811. The van der Waals surface area contributed by atoms with E-state index in [2.05, 4.69) is 38.2 Å². The van der Waals surface area contributed by atoms with Crippen molar-refractivity contribution in [2.45, 2.75) is 296 Å². The fourth-order valence-electron chi connectivity index (χ4n) is 8.37. The first-order chi connectivity index (χ1) is 32.3. The van der Waals surface area contributed by atoms with Crippen molar-refractivity contribution in [3.8, 4) is 0 Å². The molecule has 3 N–H and O–H groups in total. The maximum absolute atomic E-state index is 12.7. The average Bonchev–Trinajstić information content (AvgIpc) is 3.31. The summed E-state index contributed by atoms with van der Waals surface area (Å²) in [6, 6.07) is 0. The molecular weight excluding hydrogens is 846 g/mol. The Morgan fingerprint density at radius 2 is 0.788 bits per heavy atom. The smallest absolute Gasteiger partial charge is 0.462 e. The van der Waals surface area contributed by atoms with Crippen LogP contribution in [0.3, 0.4) is 0 Å². The minimum Gasteiger partial charge on any atom is -0.462 e. The maximum Gasteiger partial charge on any atom is 0.472 e. The number of phosphoric acid groups is 1. The summed E-state index contributed by atoms with van der Waals surface area (Å²) in [6.07, 6.45) is 60.8. The molecule has 0 aromatic heterocycles. The highest BCUT2D eigenvalue weighted by Crippen LogP contribution is 2.43. The molecular formula is C56H108NO8P. The number of rotatable bonds is 54. The summed E-state index contributed by atoms with van der Waals surface area (Å²) in [4.78, 5) is 35.1. The van der Waals surface area contributed by atoms with Gasteiger partial charge in [-0.2, -0.15) is 0 Å². The Morgan fingerprint density at radius 3 is 1.15 bits per heavy atom. The van der Waals surface area contributed by atoms with Crippen LogP contribution in [-0.2, 0) is 32.7 Å². The van der Waals surface area contributed by atoms with Crippen molar-refractivity contribution >= 4 is 19.8 Å². The number of ether oxygens (including phenoxy) is 2. The number of unbranched alkanes of at least 4 members (excludes halogenated alkanes) is 37. The van der Waals surface area contributed by atoms with Crippen molar-refractivity contribution in [3.05, 3.63) is 24.3 Å². The summed E-state index contributed by atoms with van der Waals surface area (Å²) < 4.78 is 33.0. The number of carbonyl (C=O) groups is 2. The second-order valence-corrected chi connectivity index (χ2v) is 20.6. The van der Waals surface area contributed by atoms with Gasteiger partial charge in [0, 0.05) is 19.4 Å². The highest BCUT2D eigenvalue weighted by molar-refractivity contribution is 7.47. The van der Waals surface area contributed by atoms with Gasteiger partial charge in [-0.05, 0) is 44.9 Å². The number of phosphoric ester groups is 1. The topological polar surface area (TPSA) is 134 Å². The van der Waals surface area contributed by atoms with Crippen LogP contribution in [0, 0.1) is 0 Å². The second kappa shape index (κ2) is 52.9. The molecule has 0 aromatic rings. The molecule has 0 rings (SSSR count). The highest BCUT2D eigenvalue weighted by Gasteiger charge is 2.26. The Balaban J connectivity index is 3.95. The molecule has 0 fully saturated rings. The molecule has 0 heterocycles. The van der Waals surface area contributed by atoms with E-state index in [1.165, 1.54) is 212 Å². The van der Waals surface area contributed by atoms with Crippen molar-refractivity contribution < 1.29 is 37.6 Å².